The van der Waals surface area contributed by atoms with E-state index < -0.39 is 11.4 Å². The number of aromatic nitrogens is 3. The molecule has 2 aromatic heterocycles. The summed E-state index contributed by atoms with van der Waals surface area (Å²) in [6.07, 6.45) is 1.72. The van der Waals surface area contributed by atoms with Gasteiger partial charge < -0.3 is 15.0 Å². The Morgan fingerprint density at radius 2 is 1.94 bits per heavy atom. The average Bonchev–Trinajstić information content (AvgIpc) is 2.71. The number of nitrogens with one attached hydrogen (secondary N) is 1. The van der Waals surface area contributed by atoms with Gasteiger partial charge in [-0.1, -0.05) is 30.1 Å². The molecule has 4 rings (SSSR count). The fourth-order valence-corrected chi connectivity index (χ4v) is 4.11. The smallest absolute Gasteiger partial charge is 0.410 e. The van der Waals surface area contributed by atoms with E-state index in [1.165, 1.54) is 18.5 Å². The molecule has 1 aromatic carbocycles. The summed E-state index contributed by atoms with van der Waals surface area (Å²) in [5.74, 6) is -0.315. The Morgan fingerprint density at radius 1 is 1.21 bits per heavy atom. The monoisotopic (exact) mass is 491 g/mol. The van der Waals surface area contributed by atoms with Crippen LogP contribution in [0.15, 0.2) is 30.6 Å². The first-order valence-corrected chi connectivity index (χ1v) is 11.2. The summed E-state index contributed by atoms with van der Waals surface area (Å²) in [7, 11) is 0. The predicted octanol–water partition coefficient (Wildman–Crippen LogP) is 6.01. The molecule has 0 spiro atoms. The second kappa shape index (κ2) is 8.57. The van der Waals surface area contributed by atoms with Gasteiger partial charge in [0.1, 0.15) is 17.4 Å². The lowest BCUT2D eigenvalue weighted by atomic mass is 9.78. The number of hydrogen-bond donors (Lipinski definition) is 1. The van der Waals surface area contributed by atoms with E-state index in [9.17, 15) is 9.18 Å². The van der Waals surface area contributed by atoms with Gasteiger partial charge in [-0.3, -0.25) is 0 Å². The number of anilines is 2. The van der Waals surface area contributed by atoms with Gasteiger partial charge in [0.15, 0.2) is 11.6 Å². The van der Waals surface area contributed by atoms with Gasteiger partial charge in [0.2, 0.25) is 0 Å². The molecule has 1 saturated heterocycles. The van der Waals surface area contributed by atoms with Gasteiger partial charge in [0.05, 0.1) is 21.2 Å². The highest BCUT2D eigenvalue weighted by Crippen LogP contribution is 2.35. The minimum absolute atomic E-state index is 0.127. The maximum absolute atomic E-state index is 14.5. The first kappa shape index (κ1) is 23.4. The quantitative estimate of drug-likeness (QED) is 0.449. The van der Waals surface area contributed by atoms with Crippen molar-refractivity contribution in [3.63, 3.8) is 0 Å². The molecular weight excluding hydrogens is 468 g/mol. The van der Waals surface area contributed by atoms with E-state index in [0.717, 1.165) is 5.69 Å². The number of likely N-dealkylation sites (tertiary alicyclic amines) is 1. The zero-order chi connectivity index (χ0) is 24.0. The molecule has 0 radical (unpaired) electrons. The topological polar surface area (TPSA) is 80.2 Å². The minimum atomic E-state index is -0.670. The van der Waals surface area contributed by atoms with Crippen LogP contribution in [0.5, 0.6) is 0 Å². The van der Waals surface area contributed by atoms with Crippen molar-refractivity contribution in [2.45, 2.75) is 39.7 Å². The zero-order valence-electron chi connectivity index (χ0n) is 18.7. The highest BCUT2D eigenvalue weighted by Gasteiger charge is 2.43. The number of ether oxygens (including phenoxy) is 1. The highest BCUT2D eigenvalue weighted by atomic mass is 35.5. The van der Waals surface area contributed by atoms with E-state index in [2.05, 4.69) is 22.2 Å². The van der Waals surface area contributed by atoms with Crippen molar-refractivity contribution in [2.24, 2.45) is 5.41 Å². The third kappa shape index (κ3) is 5.12. The molecule has 174 valence electrons. The second-order valence-electron chi connectivity index (χ2n) is 9.56. The van der Waals surface area contributed by atoms with Gasteiger partial charge in [-0.2, -0.15) is 0 Å². The van der Waals surface area contributed by atoms with Crippen LogP contribution >= 0.6 is 23.2 Å². The number of pyridine rings is 1. The van der Waals surface area contributed by atoms with E-state index in [4.69, 9.17) is 32.9 Å². The molecule has 1 amide bonds. The van der Waals surface area contributed by atoms with Gasteiger partial charge in [0, 0.05) is 24.2 Å². The van der Waals surface area contributed by atoms with Crippen molar-refractivity contribution >= 4 is 51.8 Å². The molecule has 33 heavy (non-hydrogen) atoms. The molecule has 1 aliphatic heterocycles. The Hall–Kier alpha value is -2.71. The van der Waals surface area contributed by atoms with Crippen LogP contribution in [-0.4, -0.2) is 44.6 Å². The second-order valence-corrected chi connectivity index (χ2v) is 10.3. The summed E-state index contributed by atoms with van der Waals surface area (Å²) in [5.41, 5.74) is 1.42. The molecular formula is C23H24Cl2FN5O2. The number of carbonyl (C=O) groups is 1. The van der Waals surface area contributed by atoms with Crippen LogP contribution in [0.1, 0.15) is 33.4 Å². The van der Waals surface area contributed by atoms with Gasteiger partial charge in [-0.25, -0.2) is 24.1 Å². The van der Waals surface area contributed by atoms with E-state index >= 15 is 0 Å². The Labute approximate surface area is 201 Å². The molecule has 0 bridgehead atoms. The molecule has 1 N–H and O–H groups in total. The standard InChI is InChI=1S/C23H24Cl2FN5O2/c1-22(2,3)33-21(32)31-10-23(4,11-31)9-13-5-7-16-19(29-13)20(28-12-27-16)30-15-8-6-14(24)17(25)18(15)26/h5-8,12H,9-11H2,1-4H3,(H,27,28,30). The normalized spacial score (nSPS) is 15.3. The van der Waals surface area contributed by atoms with Crippen LogP contribution < -0.4 is 5.32 Å². The van der Waals surface area contributed by atoms with Crippen molar-refractivity contribution in [3.05, 3.63) is 52.1 Å². The van der Waals surface area contributed by atoms with Crippen molar-refractivity contribution in [1.82, 2.24) is 19.9 Å². The van der Waals surface area contributed by atoms with Crippen molar-refractivity contribution in [2.75, 3.05) is 18.4 Å². The van der Waals surface area contributed by atoms with Gasteiger partial charge in [0.25, 0.3) is 0 Å². The van der Waals surface area contributed by atoms with Crippen molar-refractivity contribution < 1.29 is 13.9 Å². The summed E-state index contributed by atoms with van der Waals surface area (Å²) >= 11 is 11.8. The van der Waals surface area contributed by atoms with Gasteiger partial charge >= 0.3 is 6.09 Å². The number of nitrogens with zero attached hydrogens (tertiary/aromatic N) is 4. The average molecular weight is 492 g/mol. The molecule has 7 nitrogen and oxygen atoms in total. The summed E-state index contributed by atoms with van der Waals surface area (Å²) in [4.78, 5) is 27.2. The van der Waals surface area contributed by atoms with E-state index in [1.54, 1.807) is 4.90 Å². The Balaban J connectivity index is 1.53. The predicted molar refractivity (Wildman–Crippen MR) is 127 cm³/mol. The number of amides is 1. The van der Waals surface area contributed by atoms with Crippen LogP contribution in [0.2, 0.25) is 10.0 Å². The third-order valence-corrected chi connectivity index (χ3v) is 6.01. The molecule has 0 aliphatic carbocycles. The molecule has 3 heterocycles. The van der Waals surface area contributed by atoms with E-state index in [0.29, 0.717) is 36.4 Å². The van der Waals surface area contributed by atoms with Crippen LogP contribution in [-0.2, 0) is 11.2 Å². The Kier molecular flexibility index (Phi) is 6.09. The van der Waals surface area contributed by atoms with E-state index in [1.807, 2.05) is 32.9 Å². The Bertz CT molecular complexity index is 1230. The van der Waals surface area contributed by atoms with E-state index in [-0.39, 0.29) is 27.2 Å². The lowest BCUT2D eigenvalue weighted by Crippen LogP contribution is -2.58. The molecule has 3 aromatic rings. The molecule has 0 unspecified atom stereocenters. The number of hydrogen-bond acceptors (Lipinski definition) is 6. The molecule has 0 atom stereocenters. The highest BCUT2D eigenvalue weighted by molar-refractivity contribution is 6.42. The maximum Gasteiger partial charge on any atom is 0.410 e. The number of fused-ring (bicyclic) bond motifs is 1. The zero-order valence-corrected chi connectivity index (χ0v) is 20.3. The molecule has 0 saturated carbocycles. The first-order valence-electron chi connectivity index (χ1n) is 10.4. The molecule has 10 heteroatoms. The largest absolute Gasteiger partial charge is 0.444 e. The van der Waals surface area contributed by atoms with Crippen LogP contribution in [0.25, 0.3) is 11.0 Å². The molecule has 1 fully saturated rings. The SMILES string of the molecule is CC1(Cc2ccc3ncnc(Nc4ccc(Cl)c(Cl)c4F)c3n2)CN(C(=O)OC(C)(C)C)C1. The maximum atomic E-state index is 14.5. The summed E-state index contributed by atoms with van der Waals surface area (Å²) in [5, 5.41) is 2.90. The van der Waals surface area contributed by atoms with Crippen LogP contribution in [0.3, 0.4) is 0 Å². The Morgan fingerprint density at radius 3 is 2.64 bits per heavy atom. The minimum Gasteiger partial charge on any atom is -0.444 e. The molecule has 1 aliphatic rings. The number of halogens is 3. The van der Waals surface area contributed by atoms with Gasteiger partial charge in [-0.15, -0.1) is 0 Å². The third-order valence-electron chi connectivity index (χ3n) is 5.23. The lowest BCUT2D eigenvalue weighted by molar-refractivity contribution is -0.0279. The first-order chi connectivity index (χ1) is 15.4. The lowest BCUT2D eigenvalue weighted by Gasteiger charge is -2.47. The van der Waals surface area contributed by atoms with Crippen LogP contribution in [0.4, 0.5) is 20.7 Å². The van der Waals surface area contributed by atoms with Crippen molar-refractivity contribution in [3.8, 4) is 0 Å². The fourth-order valence-electron chi connectivity index (χ4n) is 3.80. The number of rotatable bonds is 4. The number of benzene rings is 1. The van der Waals surface area contributed by atoms with Gasteiger partial charge in [-0.05, 0) is 51.5 Å². The summed E-state index contributed by atoms with van der Waals surface area (Å²) < 4.78 is 20.0. The van der Waals surface area contributed by atoms with Crippen LogP contribution in [0, 0.1) is 11.2 Å². The summed E-state index contributed by atoms with van der Waals surface area (Å²) in [6.45, 7) is 8.80. The summed E-state index contributed by atoms with van der Waals surface area (Å²) in [6, 6.07) is 6.75. The number of carbonyl (C=O) groups excluding carboxylic acids is 1. The fraction of sp³-hybridized carbons (Fsp3) is 0.391. The van der Waals surface area contributed by atoms with Crippen molar-refractivity contribution in [1.29, 1.82) is 0 Å².